The Labute approximate surface area is 137 Å². The Kier molecular flexibility index (Phi) is 4.85. The van der Waals surface area contributed by atoms with Crippen molar-refractivity contribution in [3.05, 3.63) is 48.9 Å². The van der Waals surface area contributed by atoms with E-state index >= 15 is 0 Å². The molecule has 2 N–H and O–H groups in total. The number of aromatic amines is 1. The van der Waals surface area contributed by atoms with Crippen molar-refractivity contribution >= 4 is 17.0 Å². The number of nitrogens with zero attached hydrogens (tertiary/aromatic N) is 2. The average Bonchev–Trinajstić information content (AvgIpc) is 2.74. The average molecular weight is 334 g/mol. The Hall–Kier alpha value is -2.03. The van der Waals surface area contributed by atoms with Gasteiger partial charge in [0.25, 0.3) is 5.69 Å². The van der Waals surface area contributed by atoms with E-state index in [-0.39, 0.29) is 10.6 Å². The van der Waals surface area contributed by atoms with Gasteiger partial charge < -0.3 is 10.3 Å². The number of hydrogen-bond acceptors (Lipinski definition) is 6. The van der Waals surface area contributed by atoms with Gasteiger partial charge >= 0.3 is 4.87 Å². The SMILES string of the molecule is O=c1[nH]c(-c2ccc([N+](=O)[O-])cc2)c(CN2CCCNCC2)s1. The number of benzene rings is 1. The topological polar surface area (TPSA) is 91.3 Å². The van der Waals surface area contributed by atoms with Crippen LogP contribution in [-0.4, -0.2) is 41.0 Å². The summed E-state index contributed by atoms with van der Waals surface area (Å²) < 4.78 is 0. The first-order chi connectivity index (χ1) is 11.1. The zero-order chi connectivity index (χ0) is 16.2. The molecule has 0 aliphatic carbocycles. The maximum Gasteiger partial charge on any atom is 0.305 e. The van der Waals surface area contributed by atoms with Crippen LogP contribution in [0, 0.1) is 10.1 Å². The Morgan fingerprint density at radius 1 is 1.22 bits per heavy atom. The lowest BCUT2D eigenvalue weighted by atomic mass is 10.1. The molecule has 1 aromatic heterocycles. The summed E-state index contributed by atoms with van der Waals surface area (Å²) in [7, 11) is 0. The minimum Gasteiger partial charge on any atom is -0.315 e. The van der Waals surface area contributed by atoms with E-state index in [1.807, 2.05) is 0 Å². The molecule has 2 aromatic rings. The molecule has 3 rings (SSSR count). The highest BCUT2D eigenvalue weighted by Crippen LogP contribution is 2.26. The first-order valence-corrected chi connectivity index (χ1v) is 8.35. The van der Waals surface area contributed by atoms with E-state index in [1.165, 1.54) is 23.5 Å². The van der Waals surface area contributed by atoms with Gasteiger partial charge in [-0.15, -0.1) is 0 Å². The van der Waals surface area contributed by atoms with Crippen molar-refractivity contribution in [2.45, 2.75) is 13.0 Å². The number of nitro benzene ring substituents is 1. The Balaban J connectivity index is 1.84. The summed E-state index contributed by atoms with van der Waals surface area (Å²) in [5.41, 5.74) is 1.62. The predicted octanol–water partition coefficient (Wildman–Crippen LogP) is 1.81. The van der Waals surface area contributed by atoms with Crippen LogP contribution in [0.4, 0.5) is 5.69 Å². The Bertz CT molecular complexity index is 730. The number of nitro groups is 1. The second kappa shape index (κ2) is 7.03. The Morgan fingerprint density at radius 2 is 2.00 bits per heavy atom. The summed E-state index contributed by atoms with van der Waals surface area (Å²) in [4.78, 5) is 28.2. The van der Waals surface area contributed by atoms with Crippen LogP contribution in [0.3, 0.4) is 0 Å². The quantitative estimate of drug-likeness (QED) is 0.657. The van der Waals surface area contributed by atoms with Crippen LogP contribution in [0.25, 0.3) is 11.3 Å². The highest BCUT2D eigenvalue weighted by atomic mass is 32.1. The van der Waals surface area contributed by atoms with Gasteiger partial charge in [0.15, 0.2) is 0 Å². The van der Waals surface area contributed by atoms with Crippen molar-refractivity contribution in [1.82, 2.24) is 15.2 Å². The number of rotatable bonds is 4. The molecule has 0 atom stereocenters. The van der Waals surface area contributed by atoms with E-state index < -0.39 is 4.92 Å². The van der Waals surface area contributed by atoms with Gasteiger partial charge in [-0.2, -0.15) is 0 Å². The highest BCUT2D eigenvalue weighted by molar-refractivity contribution is 7.09. The summed E-state index contributed by atoms with van der Waals surface area (Å²) >= 11 is 1.21. The Morgan fingerprint density at radius 3 is 2.74 bits per heavy atom. The van der Waals surface area contributed by atoms with Gasteiger partial charge in [-0.1, -0.05) is 11.3 Å². The highest BCUT2D eigenvalue weighted by Gasteiger charge is 2.16. The number of nitrogens with one attached hydrogen (secondary N) is 2. The van der Waals surface area contributed by atoms with E-state index in [9.17, 15) is 14.9 Å². The normalized spacial score (nSPS) is 16.2. The molecule has 23 heavy (non-hydrogen) atoms. The molecule has 0 spiro atoms. The second-order valence-electron chi connectivity index (χ2n) is 5.50. The molecule has 1 fully saturated rings. The molecule has 2 heterocycles. The van der Waals surface area contributed by atoms with Gasteiger partial charge in [0.2, 0.25) is 0 Å². The maximum absolute atomic E-state index is 11.8. The summed E-state index contributed by atoms with van der Waals surface area (Å²) in [5.74, 6) is 0. The van der Waals surface area contributed by atoms with Gasteiger partial charge in [0, 0.05) is 36.6 Å². The van der Waals surface area contributed by atoms with Gasteiger partial charge in [-0.25, -0.2) is 0 Å². The van der Waals surface area contributed by atoms with Crippen LogP contribution in [0.15, 0.2) is 29.1 Å². The lowest BCUT2D eigenvalue weighted by Crippen LogP contribution is -2.27. The van der Waals surface area contributed by atoms with E-state index in [2.05, 4.69) is 15.2 Å². The first-order valence-electron chi connectivity index (χ1n) is 7.53. The molecular formula is C15H18N4O3S. The van der Waals surface area contributed by atoms with Crippen LogP contribution in [0.2, 0.25) is 0 Å². The summed E-state index contributed by atoms with van der Waals surface area (Å²) in [6.45, 7) is 4.64. The van der Waals surface area contributed by atoms with E-state index in [1.54, 1.807) is 12.1 Å². The standard InChI is InChI=1S/C15H18N4O3S/c20-15-17-14(11-2-4-12(5-3-11)19(21)22)13(23-15)10-18-8-1-6-16-7-9-18/h2-5,16H,1,6-10H2,(H,17,20). The monoisotopic (exact) mass is 334 g/mol. The van der Waals surface area contributed by atoms with Gasteiger partial charge in [-0.05, 0) is 37.2 Å². The van der Waals surface area contributed by atoms with Crippen LogP contribution in [0.1, 0.15) is 11.3 Å². The third-order valence-corrected chi connectivity index (χ3v) is 4.76. The second-order valence-corrected chi connectivity index (χ2v) is 6.56. The lowest BCUT2D eigenvalue weighted by molar-refractivity contribution is -0.384. The van der Waals surface area contributed by atoms with Crippen molar-refractivity contribution in [2.75, 3.05) is 26.2 Å². The van der Waals surface area contributed by atoms with E-state index in [0.717, 1.165) is 55.3 Å². The number of non-ortho nitro benzene ring substituents is 1. The van der Waals surface area contributed by atoms with Crippen LogP contribution >= 0.6 is 11.3 Å². The molecule has 122 valence electrons. The van der Waals surface area contributed by atoms with Crippen molar-refractivity contribution in [3.8, 4) is 11.3 Å². The predicted molar refractivity (Wildman–Crippen MR) is 89.8 cm³/mol. The molecule has 0 unspecified atom stereocenters. The fraction of sp³-hybridized carbons (Fsp3) is 0.400. The lowest BCUT2D eigenvalue weighted by Gasteiger charge is -2.18. The molecule has 1 saturated heterocycles. The minimum atomic E-state index is -0.425. The fourth-order valence-corrected chi connectivity index (χ4v) is 3.61. The molecular weight excluding hydrogens is 316 g/mol. The number of H-pyrrole nitrogens is 1. The van der Waals surface area contributed by atoms with Gasteiger partial charge in [-0.3, -0.25) is 19.8 Å². The number of aromatic nitrogens is 1. The smallest absolute Gasteiger partial charge is 0.305 e. The molecule has 0 radical (unpaired) electrons. The number of thiazole rings is 1. The van der Waals surface area contributed by atoms with Crippen LogP contribution < -0.4 is 10.2 Å². The van der Waals surface area contributed by atoms with Gasteiger partial charge in [0.05, 0.1) is 10.6 Å². The third kappa shape index (κ3) is 3.84. The van der Waals surface area contributed by atoms with E-state index in [0.29, 0.717) is 0 Å². The molecule has 8 heteroatoms. The number of hydrogen-bond donors (Lipinski definition) is 2. The molecule has 1 aliphatic rings. The summed E-state index contributed by atoms with van der Waals surface area (Å²) in [6.07, 6.45) is 1.09. The van der Waals surface area contributed by atoms with Crippen molar-refractivity contribution < 1.29 is 4.92 Å². The molecule has 0 amide bonds. The molecule has 0 bridgehead atoms. The summed E-state index contributed by atoms with van der Waals surface area (Å²) in [6, 6.07) is 6.29. The minimum absolute atomic E-state index is 0.0477. The fourth-order valence-electron chi connectivity index (χ4n) is 2.72. The first kappa shape index (κ1) is 15.9. The van der Waals surface area contributed by atoms with E-state index in [4.69, 9.17) is 0 Å². The molecule has 1 aliphatic heterocycles. The zero-order valence-electron chi connectivity index (χ0n) is 12.6. The van der Waals surface area contributed by atoms with Crippen molar-refractivity contribution in [2.24, 2.45) is 0 Å². The molecule has 1 aromatic carbocycles. The van der Waals surface area contributed by atoms with Crippen LogP contribution in [-0.2, 0) is 6.54 Å². The largest absolute Gasteiger partial charge is 0.315 e. The van der Waals surface area contributed by atoms with Crippen LogP contribution in [0.5, 0.6) is 0 Å². The zero-order valence-corrected chi connectivity index (χ0v) is 13.4. The maximum atomic E-state index is 11.8. The third-order valence-electron chi connectivity index (χ3n) is 3.89. The molecule has 7 nitrogen and oxygen atoms in total. The van der Waals surface area contributed by atoms with Crippen molar-refractivity contribution in [1.29, 1.82) is 0 Å². The van der Waals surface area contributed by atoms with Crippen molar-refractivity contribution in [3.63, 3.8) is 0 Å². The molecule has 0 saturated carbocycles. The summed E-state index contributed by atoms with van der Waals surface area (Å²) in [5, 5.41) is 14.1. The van der Waals surface area contributed by atoms with Gasteiger partial charge in [0.1, 0.15) is 0 Å².